The van der Waals surface area contributed by atoms with Crippen LogP contribution in [-0.2, 0) is 19.5 Å². The molecule has 1 saturated carbocycles. The minimum atomic E-state index is -3.58. The predicted octanol–water partition coefficient (Wildman–Crippen LogP) is 2.36. The van der Waals surface area contributed by atoms with Gasteiger partial charge >= 0.3 is 0 Å². The Morgan fingerprint density at radius 3 is 2.71 bits per heavy atom. The number of aryl methyl sites for hydroxylation is 1. The molecule has 1 heterocycles. The van der Waals surface area contributed by atoms with Crippen molar-refractivity contribution >= 4 is 10.0 Å². The lowest BCUT2D eigenvalue weighted by molar-refractivity contribution is -0.186. The molecular formula is C17H25NO5S. The molecule has 1 spiro atoms. The van der Waals surface area contributed by atoms with Gasteiger partial charge in [-0.3, -0.25) is 0 Å². The average Bonchev–Trinajstić information content (AvgIpc) is 2.96. The van der Waals surface area contributed by atoms with Crippen LogP contribution in [0.3, 0.4) is 0 Å². The summed E-state index contributed by atoms with van der Waals surface area (Å²) in [5.41, 5.74) is 0.780. The van der Waals surface area contributed by atoms with Gasteiger partial charge in [0.05, 0.1) is 24.7 Å². The van der Waals surface area contributed by atoms with Crippen molar-refractivity contribution in [3.63, 3.8) is 0 Å². The smallest absolute Gasteiger partial charge is 0.240 e. The molecule has 3 rings (SSSR count). The second-order valence-electron chi connectivity index (χ2n) is 6.51. The largest absolute Gasteiger partial charge is 0.496 e. The fourth-order valence-electron chi connectivity index (χ4n) is 3.37. The molecule has 1 aromatic rings. The second kappa shape index (κ2) is 7.00. The van der Waals surface area contributed by atoms with E-state index in [0.29, 0.717) is 12.4 Å². The summed E-state index contributed by atoms with van der Waals surface area (Å²) in [6, 6.07) is 4.81. The lowest BCUT2D eigenvalue weighted by atomic mass is 9.94. The molecule has 0 unspecified atom stereocenters. The van der Waals surface area contributed by atoms with Crippen molar-refractivity contribution in [2.45, 2.75) is 55.8 Å². The zero-order chi connectivity index (χ0) is 17.2. The van der Waals surface area contributed by atoms with E-state index in [4.69, 9.17) is 14.2 Å². The van der Waals surface area contributed by atoms with E-state index < -0.39 is 15.8 Å². The van der Waals surface area contributed by atoms with Gasteiger partial charge in [0.2, 0.25) is 10.0 Å². The lowest BCUT2D eigenvalue weighted by Gasteiger charge is -2.31. The third-order valence-electron chi connectivity index (χ3n) is 4.71. The van der Waals surface area contributed by atoms with Crippen LogP contribution in [0.5, 0.6) is 5.75 Å². The number of hydrogen-bond donors (Lipinski definition) is 1. The summed E-state index contributed by atoms with van der Waals surface area (Å²) in [4.78, 5) is 0.229. The monoisotopic (exact) mass is 355 g/mol. The van der Waals surface area contributed by atoms with Crippen molar-refractivity contribution in [3.05, 3.63) is 23.8 Å². The van der Waals surface area contributed by atoms with Gasteiger partial charge in [0.25, 0.3) is 0 Å². The normalized spacial score (nSPS) is 23.5. The first kappa shape index (κ1) is 17.7. The molecule has 1 saturated heterocycles. The maximum Gasteiger partial charge on any atom is 0.240 e. The maximum atomic E-state index is 12.5. The Balaban J connectivity index is 1.60. The number of methoxy groups -OCH3 is 1. The van der Waals surface area contributed by atoms with E-state index in [1.54, 1.807) is 25.3 Å². The van der Waals surface area contributed by atoms with Crippen LogP contribution >= 0.6 is 0 Å². The number of hydrogen-bond acceptors (Lipinski definition) is 5. The number of ether oxygens (including phenoxy) is 3. The van der Waals surface area contributed by atoms with Crippen LogP contribution < -0.4 is 9.46 Å². The molecule has 2 fully saturated rings. The van der Waals surface area contributed by atoms with Crippen LogP contribution in [0.4, 0.5) is 0 Å². The molecule has 24 heavy (non-hydrogen) atoms. The Hall–Kier alpha value is -1.15. The van der Waals surface area contributed by atoms with Gasteiger partial charge in [-0.05, 0) is 43.5 Å². The Labute approximate surface area is 143 Å². The quantitative estimate of drug-likeness (QED) is 0.878. The van der Waals surface area contributed by atoms with Gasteiger partial charge in [-0.25, -0.2) is 13.1 Å². The van der Waals surface area contributed by atoms with E-state index in [1.807, 2.05) is 6.92 Å². The first-order chi connectivity index (χ1) is 11.4. The Morgan fingerprint density at radius 1 is 1.29 bits per heavy atom. The molecule has 134 valence electrons. The van der Waals surface area contributed by atoms with Crippen LogP contribution in [0.25, 0.3) is 0 Å². The van der Waals surface area contributed by atoms with Crippen molar-refractivity contribution in [3.8, 4) is 5.75 Å². The molecular weight excluding hydrogens is 330 g/mol. The van der Waals surface area contributed by atoms with Crippen LogP contribution in [0.2, 0.25) is 0 Å². The summed E-state index contributed by atoms with van der Waals surface area (Å²) in [6.07, 6.45) is 4.97. The molecule has 1 atom stereocenters. The SMILES string of the molecule is COc1ccc(S(=O)(=O)NC[C@H]2COC3(CCCCC3)O2)cc1C. The van der Waals surface area contributed by atoms with E-state index in [2.05, 4.69) is 4.72 Å². The molecule has 6 nitrogen and oxygen atoms in total. The fourth-order valence-corrected chi connectivity index (χ4v) is 4.52. The minimum absolute atomic E-state index is 0.217. The molecule has 0 bridgehead atoms. The number of rotatable bonds is 5. The average molecular weight is 355 g/mol. The summed E-state index contributed by atoms with van der Waals surface area (Å²) in [5, 5.41) is 0. The summed E-state index contributed by atoms with van der Waals surface area (Å²) in [6.45, 7) is 2.47. The molecule has 0 radical (unpaired) electrons. The van der Waals surface area contributed by atoms with Gasteiger partial charge in [0.15, 0.2) is 5.79 Å². The third kappa shape index (κ3) is 3.74. The topological polar surface area (TPSA) is 73.9 Å². The highest BCUT2D eigenvalue weighted by Crippen LogP contribution is 2.37. The van der Waals surface area contributed by atoms with E-state index >= 15 is 0 Å². The van der Waals surface area contributed by atoms with Crippen molar-refractivity contribution in [2.24, 2.45) is 0 Å². The predicted molar refractivity (Wildman–Crippen MR) is 89.6 cm³/mol. The molecule has 1 aromatic carbocycles. The first-order valence-corrected chi connectivity index (χ1v) is 9.88. The summed E-state index contributed by atoms with van der Waals surface area (Å²) in [7, 11) is -2.02. The maximum absolute atomic E-state index is 12.5. The van der Waals surface area contributed by atoms with Crippen molar-refractivity contribution in [1.29, 1.82) is 0 Å². The van der Waals surface area contributed by atoms with E-state index in [1.165, 1.54) is 6.42 Å². The number of benzene rings is 1. The van der Waals surface area contributed by atoms with Gasteiger partial charge in [0.1, 0.15) is 5.75 Å². The van der Waals surface area contributed by atoms with Crippen molar-refractivity contribution < 1.29 is 22.6 Å². The van der Waals surface area contributed by atoms with E-state index in [9.17, 15) is 8.42 Å². The second-order valence-corrected chi connectivity index (χ2v) is 8.27. The molecule has 2 aliphatic rings. The molecule has 1 aliphatic carbocycles. The van der Waals surface area contributed by atoms with E-state index in [-0.39, 0.29) is 17.5 Å². The molecule has 0 amide bonds. The number of sulfonamides is 1. The van der Waals surface area contributed by atoms with Crippen LogP contribution in [0.15, 0.2) is 23.1 Å². The first-order valence-electron chi connectivity index (χ1n) is 8.40. The fraction of sp³-hybridized carbons (Fsp3) is 0.647. The highest BCUT2D eigenvalue weighted by atomic mass is 32.2. The van der Waals surface area contributed by atoms with Gasteiger partial charge in [-0.2, -0.15) is 0 Å². The Morgan fingerprint density at radius 2 is 2.04 bits per heavy atom. The zero-order valence-corrected chi connectivity index (χ0v) is 15.0. The molecule has 7 heteroatoms. The van der Waals surface area contributed by atoms with Gasteiger partial charge in [-0.1, -0.05) is 6.42 Å². The summed E-state index contributed by atoms with van der Waals surface area (Å²) >= 11 is 0. The summed E-state index contributed by atoms with van der Waals surface area (Å²) < 4.78 is 44.6. The van der Waals surface area contributed by atoms with Crippen molar-refractivity contribution in [2.75, 3.05) is 20.3 Å². The minimum Gasteiger partial charge on any atom is -0.496 e. The van der Waals surface area contributed by atoms with Crippen LogP contribution in [0.1, 0.15) is 37.7 Å². The lowest BCUT2D eigenvalue weighted by Crippen LogP contribution is -2.37. The molecule has 1 aliphatic heterocycles. The van der Waals surface area contributed by atoms with Gasteiger partial charge < -0.3 is 14.2 Å². The third-order valence-corrected chi connectivity index (χ3v) is 6.13. The van der Waals surface area contributed by atoms with Crippen molar-refractivity contribution in [1.82, 2.24) is 4.72 Å². The molecule has 0 aromatic heterocycles. The van der Waals surface area contributed by atoms with Gasteiger partial charge in [0, 0.05) is 19.4 Å². The van der Waals surface area contributed by atoms with Gasteiger partial charge in [-0.15, -0.1) is 0 Å². The summed E-state index contributed by atoms with van der Waals surface area (Å²) in [5.74, 6) is 0.186. The van der Waals surface area contributed by atoms with E-state index in [0.717, 1.165) is 31.2 Å². The highest BCUT2D eigenvalue weighted by Gasteiger charge is 2.42. The zero-order valence-electron chi connectivity index (χ0n) is 14.2. The molecule has 1 N–H and O–H groups in total. The van der Waals surface area contributed by atoms with Crippen LogP contribution in [-0.4, -0.2) is 40.6 Å². The Kier molecular flexibility index (Phi) is 5.15. The highest BCUT2D eigenvalue weighted by molar-refractivity contribution is 7.89. The Bertz CT molecular complexity index is 682. The van der Waals surface area contributed by atoms with Crippen LogP contribution in [0, 0.1) is 6.92 Å². The standard InChI is InChI=1S/C17H25NO5S/c1-13-10-15(6-7-16(13)21-2)24(19,20)18-11-14-12-22-17(23-14)8-4-3-5-9-17/h6-7,10,14,18H,3-5,8-9,11-12H2,1-2H3/t14-/m0/s1. The number of nitrogens with one attached hydrogen (secondary N) is 1.